The van der Waals surface area contributed by atoms with Gasteiger partial charge in [-0.1, -0.05) is 0 Å². The van der Waals surface area contributed by atoms with Gasteiger partial charge >= 0.3 is 0 Å². The number of nitrogens with zero attached hydrogens (tertiary/aromatic N) is 3. The Morgan fingerprint density at radius 1 is 1.40 bits per heavy atom. The van der Waals surface area contributed by atoms with Gasteiger partial charge in [0, 0.05) is 19.1 Å². The van der Waals surface area contributed by atoms with Crippen molar-refractivity contribution in [3.8, 4) is 6.07 Å². The van der Waals surface area contributed by atoms with Crippen LogP contribution in [0.2, 0.25) is 0 Å². The second-order valence-corrected chi connectivity index (χ2v) is 4.09. The summed E-state index contributed by atoms with van der Waals surface area (Å²) in [5.41, 5.74) is 0. The van der Waals surface area contributed by atoms with Crippen LogP contribution in [0.25, 0.3) is 0 Å². The highest BCUT2D eigenvalue weighted by atomic mass is 16.2. The van der Waals surface area contributed by atoms with Crippen molar-refractivity contribution in [2.75, 3.05) is 27.2 Å². The van der Waals surface area contributed by atoms with Gasteiger partial charge in [-0.3, -0.25) is 4.79 Å². The topological polar surface area (TPSA) is 47.3 Å². The summed E-state index contributed by atoms with van der Waals surface area (Å²) >= 11 is 0. The Balaban J connectivity index is 4.48. The number of hydrogen-bond acceptors (Lipinski definition) is 3. The number of hydrogen-bond donors (Lipinski definition) is 0. The van der Waals surface area contributed by atoms with Crippen LogP contribution in [0.4, 0.5) is 0 Å². The van der Waals surface area contributed by atoms with E-state index in [1.807, 2.05) is 38.9 Å². The number of nitriles is 1. The van der Waals surface area contributed by atoms with Crippen molar-refractivity contribution in [2.24, 2.45) is 5.92 Å². The summed E-state index contributed by atoms with van der Waals surface area (Å²) in [5.74, 6) is -0.621. The zero-order valence-electron chi connectivity index (χ0n) is 10.3. The fourth-order valence-corrected chi connectivity index (χ4v) is 1.62. The first-order chi connectivity index (χ1) is 6.93. The molecule has 0 radical (unpaired) electrons. The molecule has 86 valence electrons. The minimum absolute atomic E-state index is 0.0747. The standard InChI is InChI=1S/C11H21N3O/c1-6-14(10(3)8-13(4)5)11(15)9(2)7-12/h9-10H,6,8H2,1-5H3. The molecule has 15 heavy (non-hydrogen) atoms. The highest BCUT2D eigenvalue weighted by Crippen LogP contribution is 2.06. The Labute approximate surface area is 92.5 Å². The molecule has 4 heteroatoms. The van der Waals surface area contributed by atoms with E-state index < -0.39 is 5.92 Å². The van der Waals surface area contributed by atoms with E-state index >= 15 is 0 Å². The van der Waals surface area contributed by atoms with Crippen LogP contribution >= 0.6 is 0 Å². The number of amides is 1. The Kier molecular flexibility index (Phi) is 5.95. The van der Waals surface area contributed by atoms with E-state index in [2.05, 4.69) is 0 Å². The van der Waals surface area contributed by atoms with Crippen LogP contribution in [0.15, 0.2) is 0 Å². The lowest BCUT2D eigenvalue weighted by molar-refractivity contribution is -0.135. The largest absolute Gasteiger partial charge is 0.338 e. The summed E-state index contributed by atoms with van der Waals surface area (Å²) in [6, 6.07) is 2.13. The van der Waals surface area contributed by atoms with E-state index in [0.717, 1.165) is 6.54 Å². The number of rotatable bonds is 5. The summed E-state index contributed by atoms with van der Waals surface area (Å²) < 4.78 is 0. The molecule has 0 saturated heterocycles. The molecule has 0 aliphatic heterocycles. The molecule has 1 amide bonds. The maximum Gasteiger partial charge on any atom is 0.239 e. The molecule has 0 aromatic heterocycles. The van der Waals surface area contributed by atoms with Crippen molar-refractivity contribution in [1.29, 1.82) is 5.26 Å². The summed E-state index contributed by atoms with van der Waals surface area (Å²) in [4.78, 5) is 15.6. The minimum atomic E-state index is -0.547. The van der Waals surface area contributed by atoms with E-state index in [1.54, 1.807) is 11.8 Å². The highest BCUT2D eigenvalue weighted by molar-refractivity contribution is 5.81. The van der Waals surface area contributed by atoms with Gasteiger partial charge in [0.1, 0.15) is 5.92 Å². The molecule has 0 N–H and O–H groups in total. The minimum Gasteiger partial charge on any atom is -0.338 e. The van der Waals surface area contributed by atoms with E-state index in [4.69, 9.17) is 5.26 Å². The molecule has 0 spiro atoms. The normalized spacial score (nSPS) is 14.5. The van der Waals surface area contributed by atoms with Crippen molar-refractivity contribution in [2.45, 2.75) is 26.8 Å². The molecule has 0 aromatic rings. The molecular formula is C11H21N3O. The van der Waals surface area contributed by atoms with Crippen LogP contribution in [0, 0.1) is 17.2 Å². The van der Waals surface area contributed by atoms with Gasteiger partial charge in [0.05, 0.1) is 6.07 Å². The van der Waals surface area contributed by atoms with Crippen LogP contribution in [-0.2, 0) is 4.79 Å². The number of carbonyl (C=O) groups is 1. The second kappa shape index (κ2) is 6.41. The predicted octanol–water partition coefficient (Wildman–Crippen LogP) is 0.945. The zero-order valence-corrected chi connectivity index (χ0v) is 10.3. The van der Waals surface area contributed by atoms with Crippen molar-refractivity contribution in [3.63, 3.8) is 0 Å². The summed E-state index contributed by atoms with van der Waals surface area (Å²) in [6.45, 7) is 7.06. The molecule has 0 aliphatic carbocycles. The fourth-order valence-electron chi connectivity index (χ4n) is 1.62. The zero-order chi connectivity index (χ0) is 12.0. The van der Waals surface area contributed by atoms with Gasteiger partial charge in [-0.05, 0) is 34.9 Å². The fraction of sp³-hybridized carbons (Fsp3) is 0.818. The molecule has 2 unspecified atom stereocenters. The molecule has 4 nitrogen and oxygen atoms in total. The summed E-state index contributed by atoms with van der Waals surface area (Å²) in [7, 11) is 3.95. The van der Waals surface area contributed by atoms with Crippen LogP contribution in [0.1, 0.15) is 20.8 Å². The molecule has 0 aliphatic rings. The Morgan fingerprint density at radius 3 is 2.27 bits per heavy atom. The van der Waals surface area contributed by atoms with E-state index in [9.17, 15) is 4.79 Å². The quantitative estimate of drug-likeness (QED) is 0.680. The highest BCUT2D eigenvalue weighted by Gasteiger charge is 2.23. The van der Waals surface area contributed by atoms with Crippen molar-refractivity contribution in [1.82, 2.24) is 9.80 Å². The second-order valence-electron chi connectivity index (χ2n) is 4.09. The molecule has 2 atom stereocenters. The first kappa shape index (κ1) is 13.9. The predicted molar refractivity (Wildman–Crippen MR) is 60.2 cm³/mol. The SMILES string of the molecule is CCN(C(=O)C(C)C#N)C(C)CN(C)C. The Bertz CT molecular complexity index is 245. The first-order valence-electron chi connectivity index (χ1n) is 5.28. The lowest BCUT2D eigenvalue weighted by Gasteiger charge is -2.30. The average Bonchev–Trinajstić information content (AvgIpc) is 2.16. The van der Waals surface area contributed by atoms with E-state index in [-0.39, 0.29) is 11.9 Å². The molecule has 0 saturated carbocycles. The van der Waals surface area contributed by atoms with Crippen molar-refractivity contribution in [3.05, 3.63) is 0 Å². The maximum absolute atomic E-state index is 11.8. The maximum atomic E-state index is 11.8. The lowest BCUT2D eigenvalue weighted by Crippen LogP contribution is -2.45. The van der Waals surface area contributed by atoms with E-state index in [1.165, 1.54) is 0 Å². The Hall–Kier alpha value is -1.08. The third kappa shape index (κ3) is 4.30. The van der Waals surface area contributed by atoms with Gasteiger partial charge in [0.15, 0.2) is 0 Å². The van der Waals surface area contributed by atoms with Crippen molar-refractivity contribution >= 4 is 5.91 Å². The molecule has 0 aromatic carbocycles. The molecule has 0 bridgehead atoms. The molecule has 0 fully saturated rings. The lowest BCUT2D eigenvalue weighted by atomic mass is 10.1. The number of carbonyl (C=O) groups excluding carboxylic acids is 1. The average molecular weight is 211 g/mol. The van der Waals surface area contributed by atoms with Crippen molar-refractivity contribution < 1.29 is 4.79 Å². The van der Waals surface area contributed by atoms with Gasteiger partial charge in [-0.15, -0.1) is 0 Å². The van der Waals surface area contributed by atoms with Gasteiger partial charge in [0.25, 0.3) is 0 Å². The van der Waals surface area contributed by atoms with Gasteiger partial charge in [0.2, 0.25) is 5.91 Å². The summed E-state index contributed by atoms with van der Waals surface area (Å²) in [5, 5.41) is 8.71. The van der Waals surface area contributed by atoms with E-state index in [0.29, 0.717) is 6.54 Å². The van der Waals surface area contributed by atoms with Gasteiger partial charge in [-0.25, -0.2) is 0 Å². The Morgan fingerprint density at radius 2 is 1.93 bits per heavy atom. The smallest absolute Gasteiger partial charge is 0.239 e. The van der Waals surface area contributed by atoms with Crippen LogP contribution < -0.4 is 0 Å². The summed E-state index contributed by atoms with van der Waals surface area (Å²) in [6.07, 6.45) is 0. The third-order valence-corrected chi connectivity index (χ3v) is 2.35. The molecule has 0 rings (SSSR count). The number of likely N-dealkylation sites (N-methyl/N-ethyl adjacent to an activating group) is 2. The first-order valence-corrected chi connectivity index (χ1v) is 5.28. The third-order valence-electron chi connectivity index (χ3n) is 2.35. The van der Waals surface area contributed by atoms with Crippen LogP contribution in [-0.4, -0.2) is 48.9 Å². The monoisotopic (exact) mass is 211 g/mol. The van der Waals surface area contributed by atoms with Gasteiger partial charge < -0.3 is 9.80 Å². The van der Waals surface area contributed by atoms with Crippen LogP contribution in [0.5, 0.6) is 0 Å². The molecular weight excluding hydrogens is 190 g/mol. The van der Waals surface area contributed by atoms with Gasteiger partial charge in [-0.2, -0.15) is 5.26 Å². The van der Waals surface area contributed by atoms with Crippen LogP contribution in [0.3, 0.4) is 0 Å². The molecule has 0 heterocycles.